The van der Waals surface area contributed by atoms with Crippen LogP contribution in [0.4, 0.5) is 8.78 Å². The van der Waals surface area contributed by atoms with Crippen LogP contribution in [-0.4, -0.2) is 51.4 Å². The molecule has 1 N–H and O–H groups in total. The molecule has 1 aliphatic rings. The minimum absolute atomic E-state index is 0.0196. The number of alkyl halides is 2. The third kappa shape index (κ3) is 1.92. The Morgan fingerprint density at radius 1 is 1.45 bits per heavy atom. The summed E-state index contributed by atoms with van der Waals surface area (Å²) in [7, 11) is -5.80. The van der Waals surface area contributed by atoms with Crippen LogP contribution in [0.3, 0.4) is 0 Å². The van der Waals surface area contributed by atoms with E-state index in [9.17, 15) is 26.8 Å². The lowest BCUT2D eigenvalue weighted by Gasteiger charge is -2.22. The number of ether oxygens (including phenoxy) is 2. The first-order valence-corrected chi connectivity index (χ1v) is 7.57. The molecular weight excluding hydrogens is 345 g/mol. The highest BCUT2D eigenvalue weighted by Gasteiger charge is 2.51. The van der Waals surface area contributed by atoms with Gasteiger partial charge in [0.25, 0.3) is 0 Å². The Morgan fingerprint density at radius 2 is 2.09 bits per heavy atom. The summed E-state index contributed by atoms with van der Waals surface area (Å²) in [5.74, 6) is -2.24. The van der Waals surface area contributed by atoms with Crippen molar-refractivity contribution in [2.45, 2.75) is 10.2 Å². The molecule has 114 valence electrons. The van der Waals surface area contributed by atoms with Crippen molar-refractivity contribution in [3.8, 4) is 5.75 Å². The Hall–Kier alpha value is -1.74. The molecule has 12 heteroatoms. The van der Waals surface area contributed by atoms with Gasteiger partial charge in [0.15, 0.2) is 11.3 Å². The van der Waals surface area contributed by atoms with E-state index in [-0.39, 0.29) is 22.5 Å². The van der Waals surface area contributed by atoms with E-state index in [1.165, 1.54) is 22.4 Å². The van der Waals surface area contributed by atoms with Crippen molar-refractivity contribution < 1.29 is 45.2 Å². The summed E-state index contributed by atoms with van der Waals surface area (Å²) in [6, 6.07) is 1.19. The number of hydrogen-bond acceptors (Lipinski definition) is 7. The van der Waals surface area contributed by atoms with Crippen LogP contribution in [0.15, 0.2) is 10.5 Å². The smallest absolute Gasteiger partial charge is 0.389 e. The maximum absolute atomic E-state index is 13.3. The van der Waals surface area contributed by atoms with Gasteiger partial charge in [-0.15, -0.1) is 0 Å². The van der Waals surface area contributed by atoms with Crippen molar-refractivity contribution in [2.75, 3.05) is 0 Å². The van der Waals surface area contributed by atoms with E-state index in [1.807, 2.05) is 0 Å². The lowest BCUT2D eigenvalue weighted by molar-refractivity contribution is -0.0285. The molecule has 0 fully saturated rings. The second-order valence-electron chi connectivity index (χ2n) is 4.31. The van der Waals surface area contributed by atoms with Gasteiger partial charge in [0.05, 0.1) is 4.97 Å². The van der Waals surface area contributed by atoms with Gasteiger partial charge in [-0.2, -0.15) is 17.2 Å². The van der Waals surface area contributed by atoms with Crippen molar-refractivity contribution in [1.29, 1.82) is 0 Å². The molecule has 22 heavy (non-hydrogen) atoms. The summed E-state index contributed by atoms with van der Waals surface area (Å²) in [4.78, 5) is 20.8. The third-order valence-electron chi connectivity index (χ3n) is 2.94. The van der Waals surface area contributed by atoms with Gasteiger partial charge in [-0.3, -0.25) is 4.55 Å². The van der Waals surface area contributed by atoms with Crippen LogP contribution in [0.1, 0.15) is 20.7 Å². The lowest BCUT2D eigenvalue weighted by atomic mass is 10.1. The van der Waals surface area contributed by atoms with Crippen LogP contribution >= 0.6 is 0 Å². The molecule has 2 bridgehead atoms. The summed E-state index contributed by atoms with van der Waals surface area (Å²) >= 11 is 1.28. The predicted octanol–water partition coefficient (Wildman–Crippen LogP) is 0.535. The molecule has 0 saturated heterocycles. The number of esters is 2. The van der Waals surface area contributed by atoms with Crippen LogP contribution in [0.5, 0.6) is 5.75 Å². The molecule has 0 aliphatic carbocycles. The van der Waals surface area contributed by atoms with Crippen LogP contribution in [0.25, 0.3) is 11.2 Å². The van der Waals surface area contributed by atoms with E-state index >= 15 is 0 Å². The van der Waals surface area contributed by atoms with Gasteiger partial charge >= 0.3 is 27.3 Å². The Morgan fingerprint density at radius 3 is 2.68 bits per heavy atom. The highest BCUT2D eigenvalue weighted by molar-refractivity contribution is 7.87. The van der Waals surface area contributed by atoms with Gasteiger partial charge in [-0.05, 0) is 0 Å². The number of rotatable bonds is 4. The zero-order valence-electron chi connectivity index (χ0n) is 10.2. The average Bonchev–Trinajstić information content (AvgIpc) is 2.97. The fourth-order valence-corrected chi connectivity index (χ4v) is 2.90. The van der Waals surface area contributed by atoms with E-state index in [0.717, 1.165) is 0 Å². The summed E-state index contributed by atoms with van der Waals surface area (Å²) in [5, 5.41) is -4.74. The zero-order valence-corrected chi connectivity index (χ0v) is 12.2. The van der Waals surface area contributed by atoms with Gasteiger partial charge < -0.3 is 13.9 Å². The molecule has 2 aromatic heterocycles. The molecule has 2 aromatic rings. The maximum atomic E-state index is 13.3. The Balaban J connectivity index is 1.91. The molecule has 0 amide bonds. The monoisotopic (exact) mass is 348 g/mol. The summed E-state index contributed by atoms with van der Waals surface area (Å²) in [6.07, 6.45) is 0. The van der Waals surface area contributed by atoms with Crippen LogP contribution in [0, 0.1) is 0 Å². The summed E-state index contributed by atoms with van der Waals surface area (Å²) in [5.41, 5.74) is -0.860. The Labute approximate surface area is 128 Å². The number of furan rings is 2. The molecule has 8 nitrogen and oxygen atoms in total. The van der Waals surface area contributed by atoms with Crippen molar-refractivity contribution in [3.05, 3.63) is 17.2 Å². The Kier molecular flexibility index (Phi) is 3.03. The van der Waals surface area contributed by atoms with E-state index < -0.39 is 37.8 Å². The molecular formula is C10H3AlF2O8S. The van der Waals surface area contributed by atoms with Crippen molar-refractivity contribution >= 4 is 49.5 Å². The molecule has 1 atom stereocenters. The van der Waals surface area contributed by atoms with E-state index in [2.05, 4.69) is 4.74 Å². The van der Waals surface area contributed by atoms with Crippen LogP contribution < -0.4 is 4.74 Å². The largest absolute Gasteiger partial charge is 0.470 e. The molecule has 0 saturated carbocycles. The molecule has 3 rings (SSSR count). The predicted molar refractivity (Wildman–Crippen MR) is 63.8 cm³/mol. The molecule has 0 spiro atoms. The molecule has 1 unspecified atom stereocenters. The van der Waals surface area contributed by atoms with Crippen molar-refractivity contribution in [1.82, 2.24) is 0 Å². The molecule has 3 heterocycles. The van der Waals surface area contributed by atoms with E-state index in [4.69, 9.17) is 13.7 Å². The van der Waals surface area contributed by atoms with Gasteiger partial charge in [-0.25, -0.2) is 9.59 Å². The minimum atomic E-state index is -5.80. The van der Waals surface area contributed by atoms with Gasteiger partial charge in [0, 0.05) is 6.07 Å². The van der Waals surface area contributed by atoms with Crippen molar-refractivity contribution in [2.24, 2.45) is 0 Å². The number of hydrogen-bond donors (Lipinski definition) is 1. The second kappa shape index (κ2) is 4.39. The first kappa shape index (κ1) is 15.2. The topological polar surface area (TPSA) is 120 Å². The van der Waals surface area contributed by atoms with E-state index in [1.54, 1.807) is 0 Å². The lowest BCUT2D eigenvalue weighted by Crippen LogP contribution is -2.44. The van der Waals surface area contributed by atoms with E-state index in [0.29, 0.717) is 0 Å². The first-order chi connectivity index (χ1) is 10.0. The third-order valence-corrected chi connectivity index (χ3v) is 4.66. The maximum Gasteiger partial charge on any atom is 0.389 e. The summed E-state index contributed by atoms with van der Waals surface area (Å²) < 4.78 is 70.3. The van der Waals surface area contributed by atoms with Gasteiger partial charge in [0.1, 0.15) is 16.7 Å². The average molecular weight is 348 g/mol. The fraction of sp³-hybridized carbons (Fsp3) is 0.200. The first-order valence-electron chi connectivity index (χ1n) is 5.46. The number of fused-ring (bicyclic) bond motifs is 1. The minimum Gasteiger partial charge on any atom is -0.470 e. The molecule has 2 radical (unpaired) electrons. The molecule has 0 aromatic carbocycles. The molecule has 1 aliphatic heterocycles. The van der Waals surface area contributed by atoms with Gasteiger partial charge in [0.2, 0.25) is 16.3 Å². The summed E-state index contributed by atoms with van der Waals surface area (Å²) in [6.45, 7) is 0. The normalized spacial score (nSPS) is 16.0. The standard InChI is InChI=1S/C10H3F2O8S.Al/c11-10(12,21(15,16)17)2-18-8(13)5-3-1-4-7(19-3)6(5)9(14)20-4;/h1-2H,(H,15,16,17);. The van der Waals surface area contributed by atoms with Crippen LogP contribution in [0.2, 0.25) is 0 Å². The highest BCUT2D eigenvalue weighted by atomic mass is 32.2. The SMILES string of the molecule is O=C(O[CH]([Al])C(F)(F)S(=O)(=O)O)c1c2c3oc1cc3OC2=O. The fourth-order valence-electron chi connectivity index (χ4n) is 1.92. The number of carbonyl (C=O) groups is 2. The number of benzene rings is 1. The Bertz CT molecular complexity index is 901. The number of halogens is 2. The second-order valence-corrected chi connectivity index (χ2v) is 6.41. The zero-order chi connectivity index (χ0) is 16.4. The van der Waals surface area contributed by atoms with Crippen LogP contribution in [-0.2, 0) is 14.9 Å². The van der Waals surface area contributed by atoms with Crippen molar-refractivity contribution in [3.63, 3.8) is 0 Å². The quantitative estimate of drug-likeness (QED) is 0.483. The highest BCUT2D eigenvalue weighted by Crippen LogP contribution is 2.43. The number of carbonyl (C=O) groups excluding carboxylic acids is 2. The van der Waals surface area contributed by atoms with Gasteiger partial charge in [-0.1, -0.05) is 0 Å².